The molecule has 5 nitrogen and oxygen atoms in total. The number of anilines is 1. The van der Waals surface area contributed by atoms with Crippen molar-refractivity contribution >= 4 is 40.5 Å². The molecule has 0 unspecified atom stereocenters. The molecule has 0 radical (unpaired) electrons. The number of amides is 1. The zero-order valence-corrected chi connectivity index (χ0v) is 14.9. The zero-order chi connectivity index (χ0) is 17.8. The van der Waals surface area contributed by atoms with Crippen molar-refractivity contribution in [3.8, 4) is 6.07 Å². The predicted molar refractivity (Wildman–Crippen MR) is 96.0 cm³/mol. The van der Waals surface area contributed by atoms with Crippen molar-refractivity contribution in [3.63, 3.8) is 0 Å². The third-order valence-corrected chi connectivity index (χ3v) is 5.44. The number of benzene rings is 1. The number of rotatable bonds is 4. The minimum atomic E-state index is -0.479. The summed E-state index contributed by atoms with van der Waals surface area (Å²) in [6.45, 7) is -0.376. The van der Waals surface area contributed by atoms with Crippen molar-refractivity contribution in [2.45, 2.75) is 25.7 Å². The third kappa shape index (κ3) is 4.19. The molecule has 1 N–H and O–H groups in total. The van der Waals surface area contributed by atoms with Gasteiger partial charge in [0.2, 0.25) is 0 Å². The van der Waals surface area contributed by atoms with Crippen LogP contribution in [-0.2, 0) is 22.4 Å². The van der Waals surface area contributed by atoms with Crippen LogP contribution in [0.1, 0.15) is 38.5 Å². The van der Waals surface area contributed by atoms with Gasteiger partial charge in [-0.05, 0) is 55.5 Å². The van der Waals surface area contributed by atoms with Gasteiger partial charge in [0, 0.05) is 10.6 Å². The number of esters is 1. The minimum absolute atomic E-state index is 0.251. The van der Waals surface area contributed by atoms with Crippen molar-refractivity contribution in [1.29, 1.82) is 5.26 Å². The van der Waals surface area contributed by atoms with E-state index in [0.717, 1.165) is 25.7 Å². The summed E-state index contributed by atoms with van der Waals surface area (Å²) in [5.74, 6) is -0.942. The van der Waals surface area contributed by atoms with Gasteiger partial charge in [0.25, 0.3) is 5.91 Å². The minimum Gasteiger partial charge on any atom is -0.451 e. The number of hydrogen-bond donors (Lipinski definition) is 1. The van der Waals surface area contributed by atoms with E-state index < -0.39 is 11.9 Å². The van der Waals surface area contributed by atoms with Gasteiger partial charge in [-0.1, -0.05) is 11.6 Å². The van der Waals surface area contributed by atoms with Crippen LogP contribution in [0.25, 0.3) is 0 Å². The Morgan fingerprint density at radius 3 is 2.80 bits per heavy atom. The second kappa shape index (κ2) is 7.68. The summed E-state index contributed by atoms with van der Waals surface area (Å²) in [4.78, 5) is 25.8. The van der Waals surface area contributed by atoms with Crippen LogP contribution in [0.4, 0.5) is 5.69 Å². The van der Waals surface area contributed by atoms with E-state index >= 15 is 0 Å². The van der Waals surface area contributed by atoms with E-state index in [-0.39, 0.29) is 11.6 Å². The fourth-order valence-corrected chi connectivity index (χ4v) is 4.04. The van der Waals surface area contributed by atoms with Gasteiger partial charge in [0.15, 0.2) is 6.61 Å². The van der Waals surface area contributed by atoms with Gasteiger partial charge in [-0.2, -0.15) is 5.26 Å². The van der Waals surface area contributed by atoms with Gasteiger partial charge in [-0.3, -0.25) is 4.79 Å². The Balaban J connectivity index is 1.55. The lowest BCUT2D eigenvalue weighted by atomic mass is 9.99. The van der Waals surface area contributed by atoms with Crippen LogP contribution in [0.15, 0.2) is 24.3 Å². The Hall–Kier alpha value is -2.36. The smallest absolute Gasteiger partial charge is 0.348 e. The third-order valence-electron chi connectivity index (χ3n) is 3.91. The monoisotopic (exact) mass is 374 g/mol. The molecule has 1 heterocycles. The van der Waals surface area contributed by atoms with E-state index in [9.17, 15) is 9.59 Å². The molecule has 0 atom stereocenters. The highest BCUT2D eigenvalue weighted by molar-refractivity contribution is 7.14. The molecule has 3 rings (SSSR count). The van der Waals surface area contributed by atoms with Crippen molar-refractivity contribution in [1.82, 2.24) is 0 Å². The Bertz CT molecular complexity index is 846. The number of aryl methyl sites for hydroxylation is 2. The molecule has 25 heavy (non-hydrogen) atoms. The quantitative estimate of drug-likeness (QED) is 0.822. The normalized spacial score (nSPS) is 12.8. The van der Waals surface area contributed by atoms with Gasteiger partial charge in [0.05, 0.1) is 10.6 Å². The molecule has 1 aromatic heterocycles. The molecule has 2 aromatic rings. The number of nitriles is 1. The van der Waals surface area contributed by atoms with E-state index in [1.807, 2.05) is 12.1 Å². The first-order valence-corrected chi connectivity index (χ1v) is 9.04. The van der Waals surface area contributed by atoms with Crippen LogP contribution in [0, 0.1) is 11.3 Å². The maximum Gasteiger partial charge on any atom is 0.348 e. The molecule has 1 aliphatic rings. The summed E-state index contributed by atoms with van der Waals surface area (Å²) >= 11 is 7.36. The average molecular weight is 375 g/mol. The standard InChI is InChI=1S/C18H15ClN2O3S/c19-14-8-13(6-5-12(14)9-20)21-17(22)10-24-18(23)16-7-11-3-1-2-4-15(11)25-16/h5-8H,1-4,10H2,(H,21,22). The molecule has 128 valence electrons. The summed E-state index contributed by atoms with van der Waals surface area (Å²) in [6.07, 6.45) is 4.30. The number of nitrogens with zero attached hydrogens (tertiary/aromatic N) is 1. The predicted octanol–water partition coefficient (Wildman–Crippen LogP) is 3.95. The molecule has 1 amide bonds. The second-order valence-corrected chi connectivity index (χ2v) is 7.24. The van der Waals surface area contributed by atoms with Crippen molar-refractivity contribution in [2.24, 2.45) is 0 Å². The van der Waals surface area contributed by atoms with Crippen LogP contribution >= 0.6 is 22.9 Å². The summed E-state index contributed by atoms with van der Waals surface area (Å²) in [5.41, 5.74) is 1.99. The highest BCUT2D eigenvalue weighted by Crippen LogP contribution is 2.30. The highest BCUT2D eigenvalue weighted by Gasteiger charge is 2.19. The molecule has 0 bridgehead atoms. The fraction of sp³-hybridized carbons (Fsp3) is 0.278. The maximum absolute atomic E-state index is 12.1. The van der Waals surface area contributed by atoms with Gasteiger partial charge >= 0.3 is 5.97 Å². The zero-order valence-electron chi connectivity index (χ0n) is 13.3. The number of thiophene rings is 1. The Morgan fingerprint density at radius 2 is 2.08 bits per heavy atom. The molecule has 0 fully saturated rings. The Morgan fingerprint density at radius 1 is 1.28 bits per heavy atom. The van der Waals surface area contributed by atoms with Gasteiger partial charge in [-0.15, -0.1) is 11.3 Å². The number of hydrogen-bond acceptors (Lipinski definition) is 5. The van der Waals surface area contributed by atoms with Crippen molar-refractivity contribution in [2.75, 3.05) is 11.9 Å². The van der Waals surface area contributed by atoms with Crippen molar-refractivity contribution < 1.29 is 14.3 Å². The first-order chi connectivity index (χ1) is 12.1. The lowest BCUT2D eigenvalue weighted by molar-refractivity contribution is -0.119. The van der Waals surface area contributed by atoms with E-state index in [1.54, 1.807) is 6.07 Å². The number of ether oxygens (including phenoxy) is 1. The Labute approximate surface area is 154 Å². The lowest BCUT2D eigenvalue weighted by Crippen LogP contribution is -2.20. The van der Waals surface area contributed by atoms with E-state index in [4.69, 9.17) is 21.6 Å². The van der Waals surface area contributed by atoms with E-state index in [1.165, 1.54) is 33.9 Å². The molecule has 1 aliphatic carbocycles. The van der Waals surface area contributed by atoms with Crippen LogP contribution in [0.2, 0.25) is 5.02 Å². The van der Waals surface area contributed by atoms with Crippen LogP contribution in [0.3, 0.4) is 0 Å². The molecule has 7 heteroatoms. The van der Waals surface area contributed by atoms with Crippen LogP contribution < -0.4 is 5.32 Å². The van der Waals surface area contributed by atoms with E-state index in [0.29, 0.717) is 16.1 Å². The number of carbonyl (C=O) groups excluding carboxylic acids is 2. The average Bonchev–Trinajstić information content (AvgIpc) is 3.04. The summed E-state index contributed by atoms with van der Waals surface area (Å²) in [7, 11) is 0. The molecule has 0 aliphatic heterocycles. The number of fused-ring (bicyclic) bond motifs is 1. The SMILES string of the molecule is N#Cc1ccc(NC(=O)COC(=O)c2cc3c(s2)CCCC3)cc1Cl. The molecule has 0 saturated heterocycles. The molecule has 0 spiro atoms. The Kier molecular flexibility index (Phi) is 5.37. The van der Waals surface area contributed by atoms with Gasteiger partial charge < -0.3 is 10.1 Å². The van der Waals surface area contributed by atoms with Crippen molar-refractivity contribution in [3.05, 3.63) is 50.2 Å². The van der Waals surface area contributed by atoms with Crippen LogP contribution in [-0.4, -0.2) is 18.5 Å². The number of nitrogens with one attached hydrogen (secondary N) is 1. The molecule has 0 saturated carbocycles. The number of carbonyl (C=O) groups is 2. The lowest BCUT2D eigenvalue weighted by Gasteiger charge is -2.08. The second-order valence-electron chi connectivity index (χ2n) is 5.70. The largest absolute Gasteiger partial charge is 0.451 e. The number of halogens is 1. The molecular weight excluding hydrogens is 360 g/mol. The summed E-state index contributed by atoms with van der Waals surface area (Å²) < 4.78 is 5.09. The first kappa shape index (κ1) is 17.5. The fourth-order valence-electron chi connectivity index (χ4n) is 2.67. The summed E-state index contributed by atoms with van der Waals surface area (Å²) in [6, 6.07) is 8.38. The highest BCUT2D eigenvalue weighted by atomic mass is 35.5. The molecular formula is C18H15ClN2O3S. The maximum atomic E-state index is 12.1. The van der Waals surface area contributed by atoms with E-state index in [2.05, 4.69) is 5.32 Å². The van der Waals surface area contributed by atoms with Gasteiger partial charge in [0.1, 0.15) is 10.9 Å². The van der Waals surface area contributed by atoms with Crippen LogP contribution in [0.5, 0.6) is 0 Å². The topological polar surface area (TPSA) is 79.2 Å². The summed E-state index contributed by atoms with van der Waals surface area (Å²) in [5, 5.41) is 11.7. The first-order valence-electron chi connectivity index (χ1n) is 7.85. The molecule has 1 aromatic carbocycles. The van der Waals surface area contributed by atoms with Gasteiger partial charge in [-0.25, -0.2) is 4.79 Å².